The van der Waals surface area contributed by atoms with Crippen LogP contribution < -0.4 is 10.6 Å². The Morgan fingerprint density at radius 1 is 0.652 bits per heavy atom. The van der Waals surface area contributed by atoms with Crippen molar-refractivity contribution in [2.75, 3.05) is 110 Å². The molecule has 1 aliphatic carbocycles. The van der Waals surface area contributed by atoms with E-state index in [0.717, 1.165) is 4.90 Å². The third-order valence-electron chi connectivity index (χ3n) is 12.1. The number of carbonyl (C=O) groups is 10. The van der Waals surface area contributed by atoms with E-state index in [1.807, 2.05) is 11.2 Å². The molecule has 2 heterocycles. The molecule has 2 atom stereocenters. The molecule has 3 aliphatic rings. The smallest absolute Gasteiger partial charge is 0.317 e. The van der Waals surface area contributed by atoms with Gasteiger partial charge in [0.1, 0.15) is 5.78 Å². The Bertz CT molecular complexity index is 1670. The number of hydrogen-bond acceptors (Lipinski definition) is 15. The van der Waals surface area contributed by atoms with E-state index in [2.05, 4.69) is 10.6 Å². The summed E-state index contributed by atoms with van der Waals surface area (Å²) in [6.07, 6.45) is 7.81. The third-order valence-corrected chi connectivity index (χ3v) is 12.8. The minimum absolute atomic E-state index is 0. The quantitative estimate of drug-likeness (QED) is 0.0450. The van der Waals surface area contributed by atoms with E-state index in [1.54, 1.807) is 14.7 Å². The summed E-state index contributed by atoms with van der Waals surface area (Å²) in [5.41, 5.74) is 0. The maximum absolute atomic E-state index is 13.5. The van der Waals surface area contributed by atoms with Gasteiger partial charge in [0.25, 0.3) is 11.8 Å². The van der Waals surface area contributed by atoms with E-state index < -0.39 is 59.2 Å². The predicted molar refractivity (Wildman–Crippen MR) is 237 cm³/mol. The van der Waals surface area contributed by atoms with Gasteiger partial charge in [-0.3, -0.25) is 72.4 Å². The number of Topliss-reactive ketones (excluding diaryl/α,β-unsaturated/α-hetero) is 2. The number of unbranched alkanes of at least 4 members (excludes halogenated alkanes) is 1. The van der Waals surface area contributed by atoms with Gasteiger partial charge < -0.3 is 31.1 Å². The van der Waals surface area contributed by atoms with E-state index in [1.165, 1.54) is 23.9 Å². The Morgan fingerprint density at radius 2 is 1.14 bits per heavy atom. The van der Waals surface area contributed by atoms with Gasteiger partial charge >= 0.3 is 23.9 Å². The van der Waals surface area contributed by atoms with E-state index in [0.29, 0.717) is 83.4 Å². The zero-order chi connectivity index (χ0) is 47.9. The van der Waals surface area contributed by atoms with E-state index in [4.69, 9.17) is 0 Å². The van der Waals surface area contributed by atoms with Crippen molar-refractivity contribution < 1.29 is 108 Å². The van der Waals surface area contributed by atoms with Gasteiger partial charge in [-0.2, -0.15) is 11.8 Å². The van der Waals surface area contributed by atoms with Crippen LogP contribution in [0.1, 0.15) is 64.2 Å². The average molecular weight is 1100 g/mol. The van der Waals surface area contributed by atoms with Crippen LogP contribution in [0.5, 0.6) is 0 Å². The number of carboxylic acid groups (broad SMARTS) is 4. The second kappa shape index (κ2) is 31.6. The number of carboxylic acids is 4. The number of imide groups is 1. The molecule has 0 unspecified atom stereocenters. The zero-order valence-electron chi connectivity index (χ0n) is 37.7. The molecule has 0 aromatic heterocycles. The number of nitrogens with one attached hydrogen (secondary N) is 2. The van der Waals surface area contributed by atoms with Crippen LogP contribution in [0.3, 0.4) is 0 Å². The fourth-order valence-electron chi connectivity index (χ4n) is 8.29. The van der Waals surface area contributed by atoms with Gasteiger partial charge in [0.05, 0.1) is 38.6 Å². The van der Waals surface area contributed by atoms with Gasteiger partial charge in [0.2, 0.25) is 11.8 Å². The van der Waals surface area contributed by atoms with Gasteiger partial charge in [-0.05, 0) is 62.9 Å². The van der Waals surface area contributed by atoms with Gasteiger partial charge in [0.15, 0.2) is 5.78 Å². The van der Waals surface area contributed by atoms with Gasteiger partial charge in [-0.25, -0.2) is 0 Å². The van der Waals surface area contributed by atoms with Crippen LogP contribution in [0.15, 0.2) is 12.2 Å². The molecular weight excluding hydrogens is 1030 g/mol. The first-order valence-electron chi connectivity index (χ1n) is 22.3. The minimum atomic E-state index is -1.16. The second-order valence-corrected chi connectivity index (χ2v) is 18.1. The fourth-order valence-corrected chi connectivity index (χ4v) is 8.81. The number of rotatable bonds is 27. The van der Waals surface area contributed by atoms with E-state index in [-0.39, 0.29) is 148 Å². The molecular formula is C43H67GdN7O14S. The summed E-state index contributed by atoms with van der Waals surface area (Å²) in [5, 5.41) is 43.6. The molecule has 0 aromatic carbocycles. The molecule has 6 N–H and O–H groups in total. The zero-order valence-corrected chi connectivity index (χ0v) is 40.8. The molecule has 1 saturated heterocycles. The summed E-state index contributed by atoms with van der Waals surface area (Å²) in [5.74, 6) is -7.50. The molecule has 3 rings (SSSR count). The monoisotopic (exact) mass is 1100 g/mol. The maximum Gasteiger partial charge on any atom is 0.317 e. The number of carbonyl (C=O) groups excluding carboxylic acids is 6. The van der Waals surface area contributed by atoms with Crippen LogP contribution in [0.4, 0.5) is 0 Å². The Labute approximate surface area is 421 Å². The van der Waals surface area contributed by atoms with Crippen molar-refractivity contribution >= 4 is 70.8 Å². The van der Waals surface area contributed by atoms with Gasteiger partial charge in [0, 0.05) is 142 Å². The molecule has 0 bridgehead atoms. The molecule has 0 radical (unpaired) electrons. The molecule has 1 saturated carbocycles. The number of hydrogen-bond donors (Lipinski definition) is 6. The Balaban J connectivity index is 0.0000150. The molecule has 2 aliphatic heterocycles. The number of thioether (sulfide) groups is 1. The van der Waals surface area contributed by atoms with Crippen molar-refractivity contribution in [2.45, 2.75) is 64.2 Å². The molecule has 4 amide bonds. The number of amides is 4. The molecule has 2 fully saturated rings. The summed E-state index contributed by atoms with van der Waals surface area (Å²) in [6.45, 7) is 1.66. The standard InChI is InChI=1S/C43H67N7O14S.Gd/c1-65-21-11-32(42(62)45-25-34(51)22-33(43(63)64)4-2-3-12-50-37(54)9-10-38(50)55)23-35(52)31-7-5-30(6-8-31)24-44-36(53)26-46-13-15-47(27-39(56)57)17-19-49(29-41(60)61)20-18-48(16-14-46)28-40(58)59;/h9-10,30-33H,2-8,11-29H2,1H3,(H,44,53)(H,45,62)(H,56,57)(H,58,59)(H,60,61)(H,63,64);/t30?,31?,32-,33-;/m1./s1. The van der Waals surface area contributed by atoms with Crippen molar-refractivity contribution in [1.29, 1.82) is 0 Å². The number of ketones is 2. The van der Waals surface area contributed by atoms with Crippen LogP contribution >= 0.6 is 11.8 Å². The topological polar surface area (TPSA) is 292 Å². The summed E-state index contributed by atoms with van der Waals surface area (Å²) in [6, 6.07) is 0. The van der Waals surface area contributed by atoms with E-state index >= 15 is 0 Å². The largest absolute Gasteiger partial charge is 0.481 e. The molecule has 0 spiro atoms. The first-order valence-corrected chi connectivity index (χ1v) is 23.7. The first kappa shape index (κ1) is 58.7. The number of aliphatic carboxylic acids is 4. The van der Waals surface area contributed by atoms with Crippen LogP contribution in [-0.2, 0) is 47.9 Å². The fraction of sp³-hybridized carbons (Fsp3) is 0.721. The second-order valence-electron chi connectivity index (χ2n) is 17.1. The normalized spacial score (nSPS) is 20.3. The summed E-state index contributed by atoms with van der Waals surface area (Å²) >= 11 is 1.52. The SMILES string of the molecule is CSCC[C@H](CC(=O)C1CCC(CNC(=O)CN2CCN(CC(=O)O)CCN(CC(=O)O)CCN(CC(=O)O)CC2)CC1)C(=O)NCC(=O)C[C@@H](CCCCN1C(=O)C=CC1=O)C(=O)O.[Gd]. The van der Waals surface area contributed by atoms with Crippen molar-refractivity contribution in [3.63, 3.8) is 0 Å². The molecule has 23 heteroatoms. The van der Waals surface area contributed by atoms with Crippen LogP contribution in [0.25, 0.3) is 0 Å². The van der Waals surface area contributed by atoms with Crippen LogP contribution in [0.2, 0.25) is 0 Å². The summed E-state index contributed by atoms with van der Waals surface area (Å²) in [4.78, 5) is 131. The Hall–Kier alpha value is -3.45. The van der Waals surface area contributed by atoms with Crippen molar-refractivity contribution in [2.24, 2.45) is 23.7 Å². The van der Waals surface area contributed by atoms with Gasteiger partial charge in [-0.1, -0.05) is 6.42 Å². The first-order chi connectivity index (χ1) is 30.9. The van der Waals surface area contributed by atoms with Gasteiger partial charge in [-0.15, -0.1) is 0 Å². The summed E-state index contributed by atoms with van der Waals surface area (Å²) < 4.78 is 0. The molecule has 66 heavy (non-hydrogen) atoms. The van der Waals surface area contributed by atoms with Crippen molar-refractivity contribution in [3.05, 3.63) is 12.2 Å². The Morgan fingerprint density at radius 3 is 1.59 bits per heavy atom. The minimum Gasteiger partial charge on any atom is -0.481 e. The molecule has 21 nitrogen and oxygen atoms in total. The van der Waals surface area contributed by atoms with Crippen molar-refractivity contribution in [1.82, 2.24) is 35.1 Å². The predicted octanol–water partition coefficient (Wildman–Crippen LogP) is -0.416. The van der Waals surface area contributed by atoms with E-state index in [9.17, 15) is 68.4 Å². The Kier molecular flexibility index (Phi) is 28.1. The third kappa shape index (κ3) is 23.0. The van der Waals surface area contributed by atoms with Crippen LogP contribution in [-0.4, -0.2) is 214 Å². The summed E-state index contributed by atoms with van der Waals surface area (Å²) in [7, 11) is 0. The maximum atomic E-state index is 13.5. The number of nitrogens with zero attached hydrogens (tertiary/aromatic N) is 5. The van der Waals surface area contributed by atoms with Crippen LogP contribution in [0, 0.1) is 63.6 Å². The van der Waals surface area contributed by atoms with Crippen molar-refractivity contribution in [3.8, 4) is 0 Å². The molecule has 0 aromatic rings. The molecule has 372 valence electrons. The average Bonchev–Trinajstić information content (AvgIpc) is 3.57.